The topological polar surface area (TPSA) is 43.1 Å². The zero-order valence-corrected chi connectivity index (χ0v) is 14.4. The largest absolute Gasteiger partial charge is 0.339 e. The van der Waals surface area contributed by atoms with Crippen LogP contribution in [0.15, 0.2) is 61.3 Å². The summed E-state index contributed by atoms with van der Waals surface area (Å²) in [5.74, 6) is 0.621. The Morgan fingerprint density at radius 1 is 1.08 bits per heavy atom. The molecule has 0 aliphatic carbocycles. The lowest BCUT2D eigenvalue weighted by atomic mass is 9.93. The Kier molecular flexibility index (Phi) is 4.14. The van der Waals surface area contributed by atoms with Crippen LogP contribution in [-0.2, 0) is 7.05 Å². The summed E-state index contributed by atoms with van der Waals surface area (Å²) in [6.07, 6.45) is 9.78. The Bertz CT molecular complexity index is 840. The Morgan fingerprint density at radius 3 is 2.36 bits per heavy atom. The number of likely N-dealkylation sites (tertiary alicyclic amines) is 1. The van der Waals surface area contributed by atoms with Crippen LogP contribution in [-0.4, -0.2) is 38.0 Å². The van der Waals surface area contributed by atoms with Crippen molar-refractivity contribution in [2.45, 2.75) is 18.8 Å². The van der Waals surface area contributed by atoms with Gasteiger partial charge in [0.05, 0.1) is 6.33 Å². The minimum Gasteiger partial charge on any atom is -0.339 e. The Balaban J connectivity index is 1.41. The lowest BCUT2D eigenvalue weighted by Crippen LogP contribution is -2.38. The van der Waals surface area contributed by atoms with Gasteiger partial charge in [0.15, 0.2) is 0 Å². The van der Waals surface area contributed by atoms with Crippen molar-refractivity contribution in [3.05, 3.63) is 72.6 Å². The Hall–Kier alpha value is -2.82. The number of benzene rings is 1. The number of rotatable bonds is 3. The molecule has 0 radical (unpaired) electrons. The van der Waals surface area contributed by atoms with E-state index in [1.165, 1.54) is 5.69 Å². The maximum atomic E-state index is 12.8. The summed E-state index contributed by atoms with van der Waals surface area (Å²) >= 11 is 0. The molecule has 4 rings (SSSR count). The van der Waals surface area contributed by atoms with E-state index in [0.717, 1.165) is 37.2 Å². The molecule has 1 aliphatic rings. The van der Waals surface area contributed by atoms with Crippen molar-refractivity contribution in [1.82, 2.24) is 19.0 Å². The molecule has 0 spiro atoms. The number of aryl methyl sites for hydroxylation is 1. The number of imidazole rings is 1. The van der Waals surface area contributed by atoms with Gasteiger partial charge in [-0.3, -0.25) is 4.79 Å². The summed E-state index contributed by atoms with van der Waals surface area (Å²) in [5, 5.41) is 0. The molecular formula is C20H22N4O. The summed E-state index contributed by atoms with van der Waals surface area (Å²) in [6.45, 7) is 1.60. The minimum absolute atomic E-state index is 0.127. The normalized spacial score (nSPS) is 15.5. The van der Waals surface area contributed by atoms with E-state index in [1.54, 1.807) is 0 Å². The highest BCUT2D eigenvalue weighted by molar-refractivity contribution is 5.94. The van der Waals surface area contributed by atoms with Crippen molar-refractivity contribution >= 4 is 5.91 Å². The van der Waals surface area contributed by atoms with Gasteiger partial charge in [0.25, 0.3) is 5.91 Å². The smallest absolute Gasteiger partial charge is 0.253 e. The quantitative estimate of drug-likeness (QED) is 0.738. The van der Waals surface area contributed by atoms with Crippen LogP contribution in [0.3, 0.4) is 0 Å². The van der Waals surface area contributed by atoms with E-state index in [1.807, 2.05) is 77.8 Å². The van der Waals surface area contributed by atoms with Gasteiger partial charge < -0.3 is 14.0 Å². The second-order valence-corrected chi connectivity index (χ2v) is 6.63. The highest BCUT2D eigenvalue weighted by Crippen LogP contribution is 2.28. The van der Waals surface area contributed by atoms with Gasteiger partial charge in [-0.15, -0.1) is 0 Å². The van der Waals surface area contributed by atoms with E-state index < -0.39 is 0 Å². The number of aromatic nitrogens is 3. The lowest BCUT2D eigenvalue weighted by molar-refractivity contribution is 0.0711. The van der Waals surface area contributed by atoms with Crippen LogP contribution in [0.4, 0.5) is 0 Å². The molecule has 0 bridgehead atoms. The average Bonchev–Trinajstić information content (AvgIpc) is 3.33. The zero-order valence-electron chi connectivity index (χ0n) is 14.4. The van der Waals surface area contributed by atoms with E-state index in [2.05, 4.69) is 9.55 Å². The molecule has 1 amide bonds. The molecule has 2 aromatic heterocycles. The fourth-order valence-corrected chi connectivity index (χ4v) is 3.60. The van der Waals surface area contributed by atoms with Crippen LogP contribution in [0.1, 0.15) is 34.8 Å². The monoisotopic (exact) mass is 334 g/mol. The van der Waals surface area contributed by atoms with Crippen molar-refractivity contribution in [1.29, 1.82) is 0 Å². The maximum absolute atomic E-state index is 12.8. The standard InChI is InChI=1S/C20H22N4O/c1-22-15-21-14-19(22)16-8-12-24(13-9-16)20(25)17-4-6-18(7-5-17)23-10-2-3-11-23/h2-7,10-11,14-16H,8-9,12-13H2,1H3. The van der Waals surface area contributed by atoms with E-state index in [0.29, 0.717) is 5.92 Å². The number of carbonyl (C=O) groups excluding carboxylic acids is 1. The van der Waals surface area contributed by atoms with Gasteiger partial charge in [0, 0.05) is 61.6 Å². The summed E-state index contributed by atoms with van der Waals surface area (Å²) in [4.78, 5) is 18.9. The summed E-state index contributed by atoms with van der Waals surface area (Å²) in [5.41, 5.74) is 3.09. The van der Waals surface area contributed by atoms with Gasteiger partial charge in [-0.05, 0) is 49.2 Å². The van der Waals surface area contributed by atoms with Crippen LogP contribution in [0.5, 0.6) is 0 Å². The van der Waals surface area contributed by atoms with Gasteiger partial charge in [0.2, 0.25) is 0 Å². The Labute approximate surface area is 147 Å². The SMILES string of the molecule is Cn1cncc1C1CCN(C(=O)c2ccc(-n3cccc3)cc2)CC1. The van der Waals surface area contributed by atoms with Gasteiger partial charge in [0.1, 0.15) is 0 Å². The molecule has 25 heavy (non-hydrogen) atoms. The highest BCUT2D eigenvalue weighted by Gasteiger charge is 2.25. The predicted molar refractivity (Wildman–Crippen MR) is 96.9 cm³/mol. The first-order chi connectivity index (χ1) is 12.2. The molecular weight excluding hydrogens is 312 g/mol. The minimum atomic E-state index is 0.127. The molecule has 1 aliphatic heterocycles. The number of carbonyl (C=O) groups is 1. The lowest BCUT2D eigenvalue weighted by Gasteiger charge is -2.32. The summed E-state index contributed by atoms with van der Waals surface area (Å²) in [6, 6.07) is 11.8. The van der Waals surface area contributed by atoms with E-state index in [4.69, 9.17) is 0 Å². The second-order valence-electron chi connectivity index (χ2n) is 6.63. The molecule has 1 aromatic carbocycles. The van der Waals surface area contributed by atoms with E-state index >= 15 is 0 Å². The van der Waals surface area contributed by atoms with Crippen molar-refractivity contribution in [2.24, 2.45) is 7.05 Å². The molecule has 1 saturated heterocycles. The second kappa shape index (κ2) is 6.59. The van der Waals surface area contributed by atoms with Gasteiger partial charge in [-0.25, -0.2) is 4.98 Å². The highest BCUT2D eigenvalue weighted by atomic mass is 16.2. The molecule has 5 nitrogen and oxygen atoms in total. The first-order valence-electron chi connectivity index (χ1n) is 8.71. The number of nitrogens with zero attached hydrogens (tertiary/aromatic N) is 4. The number of amides is 1. The molecule has 0 atom stereocenters. The first-order valence-corrected chi connectivity index (χ1v) is 8.71. The molecule has 128 valence electrons. The first kappa shape index (κ1) is 15.7. The zero-order chi connectivity index (χ0) is 17.2. The van der Waals surface area contributed by atoms with Crippen molar-refractivity contribution < 1.29 is 4.79 Å². The molecule has 3 heterocycles. The molecule has 0 saturated carbocycles. The van der Waals surface area contributed by atoms with Crippen molar-refractivity contribution in [3.8, 4) is 5.69 Å². The number of piperidine rings is 1. The van der Waals surface area contributed by atoms with E-state index in [9.17, 15) is 4.79 Å². The third-order valence-electron chi connectivity index (χ3n) is 5.07. The van der Waals surface area contributed by atoms with Crippen LogP contribution < -0.4 is 0 Å². The van der Waals surface area contributed by atoms with Gasteiger partial charge in [-0.1, -0.05) is 0 Å². The van der Waals surface area contributed by atoms with Crippen molar-refractivity contribution in [2.75, 3.05) is 13.1 Å². The van der Waals surface area contributed by atoms with Crippen LogP contribution in [0, 0.1) is 0 Å². The average molecular weight is 334 g/mol. The van der Waals surface area contributed by atoms with Crippen molar-refractivity contribution in [3.63, 3.8) is 0 Å². The van der Waals surface area contributed by atoms with Gasteiger partial charge in [-0.2, -0.15) is 0 Å². The molecule has 0 N–H and O–H groups in total. The Morgan fingerprint density at radius 2 is 1.76 bits per heavy atom. The number of hydrogen-bond donors (Lipinski definition) is 0. The molecule has 3 aromatic rings. The van der Waals surface area contributed by atoms with Crippen LogP contribution in [0.25, 0.3) is 5.69 Å². The predicted octanol–water partition coefficient (Wildman–Crippen LogP) is 3.23. The van der Waals surface area contributed by atoms with Crippen LogP contribution in [0.2, 0.25) is 0 Å². The third-order valence-corrected chi connectivity index (χ3v) is 5.07. The van der Waals surface area contributed by atoms with Crippen LogP contribution >= 0.6 is 0 Å². The molecule has 5 heteroatoms. The summed E-state index contributed by atoms with van der Waals surface area (Å²) < 4.78 is 4.12. The molecule has 1 fully saturated rings. The maximum Gasteiger partial charge on any atom is 0.253 e. The fraction of sp³-hybridized carbons (Fsp3) is 0.300. The van der Waals surface area contributed by atoms with Gasteiger partial charge >= 0.3 is 0 Å². The fourth-order valence-electron chi connectivity index (χ4n) is 3.60. The summed E-state index contributed by atoms with van der Waals surface area (Å²) in [7, 11) is 2.03. The van der Waals surface area contributed by atoms with E-state index in [-0.39, 0.29) is 5.91 Å². The number of hydrogen-bond acceptors (Lipinski definition) is 2. The third kappa shape index (κ3) is 3.09. The molecule has 0 unspecified atom stereocenters.